The normalized spacial score (nSPS) is 17.9. The lowest BCUT2D eigenvalue weighted by atomic mass is 9.96. The van der Waals surface area contributed by atoms with Gasteiger partial charge >= 0.3 is 0 Å². The van der Waals surface area contributed by atoms with Crippen molar-refractivity contribution in [2.75, 3.05) is 13.1 Å². The topological polar surface area (TPSA) is 74.8 Å². The van der Waals surface area contributed by atoms with E-state index in [9.17, 15) is 4.79 Å². The van der Waals surface area contributed by atoms with Gasteiger partial charge in [0.05, 0.1) is 5.69 Å². The quantitative estimate of drug-likeness (QED) is 0.785. The SMILES string of the molecule is O=c1cc(-c2cccnc2)nc(C2CCCN(Cc3cccnc3)C2)[nH]1. The molecule has 4 rings (SSSR count). The van der Waals surface area contributed by atoms with Crippen LogP contribution in [-0.4, -0.2) is 37.9 Å². The molecular weight excluding hydrogens is 326 g/mol. The Morgan fingerprint density at radius 1 is 1.15 bits per heavy atom. The van der Waals surface area contributed by atoms with Gasteiger partial charge in [-0.3, -0.25) is 19.7 Å². The van der Waals surface area contributed by atoms with Gasteiger partial charge < -0.3 is 4.98 Å². The number of nitrogens with zero attached hydrogens (tertiary/aromatic N) is 4. The van der Waals surface area contributed by atoms with Gasteiger partial charge in [-0.2, -0.15) is 0 Å². The first-order valence-electron chi connectivity index (χ1n) is 8.91. The number of aromatic nitrogens is 4. The van der Waals surface area contributed by atoms with E-state index in [0.717, 1.165) is 43.9 Å². The van der Waals surface area contributed by atoms with Crippen LogP contribution in [0.1, 0.15) is 30.1 Å². The van der Waals surface area contributed by atoms with Gasteiger partial charge in [0.2, 0.25) is 0 Å². The van der Waals surface area contributed by atoms with Crippen LogP contribution in [0.4, 0.5) is 0 Å². The predicted octanol–water partition coefficient (Wildman–Crippen LogP) is 2.61. The minimum absolute atomic E-state index is 0.113. The van der Waals surface area contributed by atoms with Crippen LogP contribution < -0.4 is 5.56 Å². The van der Waals surface area contributed by atoms with Crippen molar-refractivity contribution in [1.82, 2.24) is 24.8 Å². The van der Waals surface area contributed by atoms with E-state index in [4.69, 9.17) is 4.98 Å². The Morgan fingerprint density at radius 3 is 2.77 bits per heavy atom. The summed E-state index contributed by atoms with van der Waals surface area (Å²) in [6.07, 6.45) is 9.28. The fourth-order valence-electron chi connectivity index (χ4n) is 3.50. The van der Waals surface area contributed by atoms with E-state index in [2.05, 4.69) is 25.9 Å². The summed E-state index contributed by atoms with van der Waals surface area (Å²) in [7, 11) is 0. The number of H-pyrrole nitrogens is 1. The van der Waals surface area contributed by atoms with Gasteiger partial charge in [-0.25, -0.2) is 4.98 Å². The van der Waals surface area contributed by atoms with E-state index in [1.807, 2.05) is 24.4 Å². The van der Waals surface area contributed by atoms with Gasteiger partial charge in [-0.15, -0.1) is 0 Å². The van der Waals surface area contributed by atoms with Crippen molar-refractivity contribution in [3.8, 4) is 11.3 Å². The number of likely N-dealkylation sites (tertiary alicyclic amines) is 1. The molecule has 1 unspecified atom stereocenters. The molecule has 1 aliphatic heterocycles. The molecule has 0 amide bonds. The lowest BCUT2D eigenvalue weighted by molar-refractivity contribution is 0.196. The van der Waals surface area contributed by atoms with Crippen LogP contribution in [0.5, 0.6) is 0 Å². The Hall–Kier alpha value is -2.86. The Balaban J connectivity index is 1.55. The lowest BCUT2D eigenvalue weighted by Gasteiger charge is -2.32. The number of hydrogen-bond acceptors (Lipinski definition) is 5. The van der Waals surface area contributed by atoms with Crippen molar-refractivity contribution in [3.63, 3.8) is 0 Å². The summed E-state index contributed by atoms with van der Waals surface area (Å²) in [4.78, 5) is 30.6. The van der Waals surface area contributed by atoms with Crippen LogP contribution in [-0.2, 0) is 6.54 Å². The maximum Gasteiger partial charge on any atom is 0.251 e. The van der Waals surface area contributed by atoms with Crippen molar-refractivity contribution in [2.24, 2.45) is 0 Å². The van der Waals surface area contributed by atoms with E-state index in [1.165, 1.54) is 11.6 Å². The fraction of sp³-hybridized carbons (Fsp3) is 0.300. The van der Waals surface area contributed by atoms with Crippen LogP contribution in [0, 0.1) is 0 Å². The number of nitrogens with one attached hydrogen (secondary N) is 1. The minimum atomic E-state index is -0.113. The second-order valence-electron chi connectivity index (χ2n) is 6.69. The molecule has 0 aliphatic carbocycles. The van der Waals surface area contributed by atoms with Crippen molar-refractivity contribution in [2.45, 2.75) is 25.3 Å². The zero-order valence-corrected chi connectivity index (χ0v) is 14.5. The van der Waals surface area contributed by atoms with Gasteiger partial charge in [0.25, 0.3) is 5.56 Å². The lowest BCUT2D eigenvalue weighted by Crippen LogP contribution is -2.35. The summed E-state index contributed by atoms with van der Waals surface area (Å²) < 4.78 is 0. The summed E-state index contributed by atoms with van der Waals surface area (Å²) in [5.74, 6) is 0.997. The van der Waals surface area contributed by atoms with Gasteiger partial charge in [-0.05, 0) is 43.1 Å². The molecule has 3 aromatic rings. The number of piperidine rings is 1. The van der Waals surface area contributed by atoms with E-state index < -0.39 is 0 Å². The molecule has 4 heterocycles. The average Bonchev–Trinajstić information content (AvgIpc) is 2.69. The summed E-state index contributed by atoms with van der Waals surface area (Å²) in [6.45, 7) is 2.81. The maximum atomic E-state index is 12.2. The highest BCUT2D eigenvalue weighted by Gasteiger charge is 2.23. The summed E-state index contributed by atoms with van der Waals surface area (Å²) in [6, 6.07) is 9.38. The Kier molecular flexibility index (Phi) is 4.84. The molecule has 6 nitrogen and oxygen atoms in total. The Labute approximate surface area is 152 Å². The van der Waals surface area contributed by atoms with Gasteiger partial charge in [0.1, 0.15) is 5.82 Å². The molecule has 132 valence electrons. The van der Waals surface area contributed by atoms with Crippen molar-refractivity contribution < 1.29 is 0 Å². The molecule has 3 aromatic heterocycles. The summed E-state index contributed by atoms with van der Waals surface area (Å²) >= 11 is 0. The number of aromatic amines is 1. The summed E-state index contributed by atoms with van der Waals surface area (Å²) in [5.41, 5.74) is 2.64. The third-order valence-corrected chi connectivity index (χ3v) is 4.74. The van der Waals surface area contributed by atoms with Crippen molar-refractivity contribution >= 4 is 0 Å². The van der Waals surface area contributed by atoms with E-state index >= 15 is 0 Å². The molecule has 1 N–H and O–H groups in total. The van der Waals surface area contributed by atoms with Crippen LogP contribution in [0.25, 0.3) is 11.3 Å². The van der Waals surface area contributed by atoms with Gasteiger partial charge in [-0.1, -0.05) is 6.07 Å². The number of hydrogen-bond donors (Lipinski definition) is 1. The van der Waals surface area contributed by atoms with Crippen LogP contribution in [0.3, 0.4) is 0 Å². The molecule has 1 atom stereocenters. The second kappa shape index (κ2) is 7.58. The fourth-order valence-corrected chi connectivity index (χ4v) is 3.50. The molecule has 0 bridgehead atoms. The van der Waals surface area contributed by atoms with Crippen LogP contribution in [0.2, 0.25) is 0 Å². The monoisotopic (exact) mass is 347 g/mol. The zero-order chi connectivity index (χ0) is 17.8. The molecule has 26 heavy (non-hydrogen) atoms. The first-order valence-corrected chi connectivity index (χ1v) is 8.91. The molecule has 0 aromatic carbocycles. The highest BCUT2D eigenvalue weighted by atomic mass is 16.1. The third-order valence-electron chi connectivity index (χ3n) is 4.74. The third kappa shape index (κ3) is 3.86. The molecule has 0 spiro atoms. The smallest absolute Gasteiger partial charge is 0.251 e. The molecular formula is C20H21N5O. The van der Waals surface area contributed by atoms with E-state index in [-0.39, 0.29) is 11.5 Å². The molecule has 6 heteroatoms. The highest BCUT2D eigenvalue weighted by Crippen LogP contribution is 2.26. The van der Waals surface area contributed by atoms with Crippen molar-refractivity contribution in [3.05, 3.63) is 76.9 Å². The van der Waals surface area contributed by atoms with E-state index in [0.29, 0.717) is 5.69 Å². The Morgan fingerprint density at radius 2 is 2.00 bits per heavy atom. The first-order chi connectivity index (χ1) is 12.8. The highest BCUT2D eigenvalue weighted by molar-refractivity contribution is 5.56. The zero-order valence-electron chi connectivity index (χ0n) is 14.5. The number of rotatable bonds is 4. The molecule has 0 radical (unpaired) electrons. The predicted molar refractivity (Wildman–Crippen MR) is 99.6 cm³/mol. The summed E-state index contributed by atoms with van der Waals surface area (Å²) in [5, 5.41) is 0. The van der Waals surface area contributed by atoms with Gasteiger partial charge in [0.15, 0.2) is 0 Å². The van der Waals surface area contributed by atoms with Gasteiger partial charge in [0, 0.05) is 55.4 Å². The van der Waals surface area contributed by atoms with Crippen molar-refractivity contribution in [1.29, 1.82) is 0 Å². The van der Waals surface area contributed by atoms with E-state index in [1.54, 1.807) is 18.6 Å². The maximum absolute atomic E-state index is 12.2. The molecule has 1 fully saturated rings. The average molecular weight is 347 g/mol. The first kappa shape index (κ1) is 16.6. The second-order valence-corrected chi connectivity index (χ2v) is 6.69. The standard InChI is InChI=1S/C20H21N5O/c26-19-10-18(16-5-2-8-22-12-16)23-20(24-19)17-6-3-9-25(14-17)13-15-4-1-7-21-11-15/h1-2,4-5,7-8,10-12,17H,3,6,9,13-14H2,(H,23,24,26). The molecule has 1 aliphatic rings. The Bertz CT molecular complexity index is 910. The van der Waals surface area contributed by atoms with Crippen LogP contribution in [0.15, 0.2) is 59.9 Å². The molecule has 0 saturated carbocycles. The largest absolute Gasteiger partial charge is 0.310 e. The minimum Gasteiger partial charge on any atom is -0.310 e. The number of pyridine rings is 2. The van der Waals surface area contributed by atoms with Crippen LogP contribution >= 0.6 is 0 Å². The molecule has 1 saturated heterocycles.